The first-order valence-corrected chi connectivity index (χ1v) is 8.64. The summed E-state index contributed by atoms with van der Waals surface area (Å²) in [5, 5.41) is 10.1. The predicted octanol–water partition coefficient (Wildman–Crippen LogP) is 1.51. The molecule has 0 radical (unpaired) electrons. The van der Waals surface area contributed by atoms with E-state index in [1.807, 2.05) is 4.90 Å². The van der Waals surface area contributed by atoms with Crippen molar-refractivity contribution in [3.63, 3.8) is 0 Å². The molecule has 0 unspecified atom stereocenters. The zero-order chi connectivity index (χ0) is 15.6. The molecule has 0 amide bonds. The molecule has 1 saturated heterocycles. The Labute approximate surface area is 123 Å². The molecule has 0 saturated carbocycles. The molecule has 1 heterocycles. The minimum atomic E-state index is -2.92. The topological polar surface area (TPSA) is 57.6 Å². The molecule has 1 aliphatic heterocycles. The Hall–Kier alpha value is -1.05. The third-order valence-electron chi connectivity index (χ3n) is 3.94. The van der Waals surface area contributed by atoms with Crippen molar-refractivity contribution < 1.29 is 22.3 Å². The largest absolute Gasteiger partial charge is 0.387 e. The van der Waals surface area contributed by atoms with Gasteiger partial charge in [-0.3, -0.25) is 0 Å². The normalized spacial score (nSPS) is 20.6. The van der Waals surface area contributed by atoms with Crippen LogP contribution in [0.3, 0.4) is 0 Å². The van der Waals surface area contributed by atoms with E-state index in [1.165, 1.54) is 6.07 Å². The van der Waals surface area contributed by atoms with Crippen LogP contribution in [0.15, 0.2) is 18.2 Å². The summed E-state index contributed by atoms with van der Waals surface area (Å²) in [6, 6.07) is 3.40. The number of benzene rings is 1. The van der Waals surface area contributed by atoms with Crippen LogP contribution in [0.4, 0.5) is 8.78 Å². The molecule has 4 nitrogen and oxygen atoms in total. The minimum absolute atomic E-state index is 0.0773. The van der Waals surface area contributed by atoms with Crippen molar-refractivity contribution in [1.29, 1.82) is 0 Å². The van der Waals surface area contributed by atoms with Gasteiger partial charge in [0.25, 0.3) is 0 Å². The fourth-order valence-electron chi connectivity index (χ4n) is 2.57. The first-order chi connectivity index (χ1) is 9.78. The number of aliphatic hydroxyl groups is 1. The van der Waals surface area contributed by atoms with Crippen LogP contribution in [0.5, 0.6) is 0 Å². The van der Waals surface area contributed by atoms with Gasteiger partial charge in [0.1, 0.15) is 9.84 Å². The second-order valence-corrected chi connectivity index (χ2v) is 7.82. The van der Waals surface area contributed by atoms with Crippen molar-refractivity contribution in [1.82, 2.24) is 4.90 Å². The summed E-state index contributed by atoms with van der Waals surface area (Å²) in [6.45, 7) is 0.246. The first kappa shape index (κ1) is 16.3. The number of hydrogen-bond acceptors (Lipinski definition) is 4. The number of rotatable bonds is 4. The Morgan fingerprint density at radius 3 is 2.48 bits per heavy atom. The van der Waals surface area contributed by atoms with E-state index < -0.39 is 27.6 Å². The van der Waals surface area contributed by atoms with Crippen molar-refractivity contribution in [3.8, 4) is 0 Å². The molecule has 0 aromatic heterocycles. The van der Waals surface area contributed by atoms with Crippen LogP contribution in [0.2, 0.25) is 0 Å². The predicted molar refractivity (Wildman–Crippen MR) is 75.6 cm³/mol. The number of aliphatic hydroxyl groups excluding tert-OH is 1. The summed E-state index contributed by atoms with van der Waals surface area (Å²) in [4.78, 5) is 1.88. The van der Waals surface area contributed by atoms with Crippen LogP contribution in [0, 0.1) is 11.6 Å². The van der Waals surface area contributed by atoms with Crippen LogP contribution in [0.25, 0.3) is 0 Å². The van der Waals surface area contributed by atoms with Gasteiger partial charge in [-0.25, -0.2) is 17.2 Å². The van der Waals surface area contributed by atoms with Gasteiger partial charge >= 0.3 is 0 Å². The number of hydrogen-bond donors (Lipinski definition) is 1. The third kappa shape index (κ3) is 4.21. The fraction of sp³-hybridized carbons (Fsp3) is 0.571. The highest BCUT2D eigenvalue weighted by Crippen LogP contribution is 2.21. The molecule has 1 N–H and O–H groups in total. The molecule has 1 aromatic rings. The molecule has 1 aliphatic rings. The maximum atomic E-state index is 13.2. The molecule has 21 heavy (non-hydrogen) atoms. The van der Waals surface area contributed by atoms with Crippen LogP contribution in [-0.4, -0.2) is 49.6 Å². The van der Waals surface area contributed by atoms with Gasteiger partial charge < -0.3 is 10.0 Å². The fourth-order valence-corrected chi connectivity index (χ4v) is 4.03. The summed E-state index contributed by atoms with van der Waals surface area (Å²) >= 11 is 0. The summed E-state index contributed by atoms with van der Waals surface area (Å²) in [6.07, 6.45) is 0.121. The maximum absolute atomic E-state index is 13.2. The van der Waals surface area contributed by atoms with Crippen LogP contribution < -0.4 is 0 Å². The van der Waals surface area contributed by atoms with Crippen molar-refractivity contribution in [2.24, 2.45) is 0 Å². The highest BCUT2D eigenvalue weighted by Gasteiger charge is 2.27. The highest BCUT2D eigenvalue weighted by molar-refractivity contribution is 7.91. The SMILES string of the molecule is CN(C[C@H](O)c1ccc(F)c(F)c1)C1CCS(=O)(=O)CC1. The molecule has 1 fully saturated rings. The van der Waals surface area contributed by atoms with Gasteiger partial charge in [0.2, 0.25) is 0 Å². The third-order valence-corrected chi connectivity index (χ3v) is 5.65. The van der Waals surface area contributed by atoms with Gasteiger partial charge in [0, 0.05) is 12.6 Å². The Balaban J connectivity index is 1.95. The first-order valence-electron chi connectivity index (χ1n) is 6.82. The van der Waals surface area contributed by atoms with E-state index in [0.717, 1.165) is 12.1 Å². The lowest BCUT2D eigenvalue weighted by Gasteiger charge is -2.32. The van der Waals surface area contributed by atoms with Crippen molar-refractivity contribution in [2.45, 2.75) is 25.0 Å². The average Bonchev–Trinajstić information content (AvgIpc) is 2.41. The van der Waals surface area contributed by atoms with E-state index >= 15 is 0 Å². The summed E-state index contributed by atoms with van der Waals surface area (Å²) in [5.41, 5.74) is 0.309. The smallest absolute Gasteiger partial charge is 0.159 e. The molecule has 118 valence electrons. The molecular weight excluding hydrogens is 300 g/mol. The number of nitrogens with zero attached hydrogens (tertiary/aromatic N) is 1. The lowest BCUT2D eigenvalue weighted by atomic mass is 10.1. The van der Waals surface area contributed by atoms with E-state index in [9.17, 15) is 22.3 Å². The average molecular weight is 319 g/mol. The van der Waals surface area contributed by atoms with Gasteiger partial charge in [-0.05, 0) is 37.6 Å². The molecule has 0 spiro atoms. The Morgan fingerprint density at radius 1 is 1.29 bits per heavy atom. The summed E-state index contributed by atoms with van der Waals surface area (Å²) in [5.74, 6) is -1.62. The van der Waals surface area contributed by atoms with Gasteiger partial charge in [-0.1, -0.05) is 6.07 Å². The lowest BCUT2D eigenvalue weighted by molar-refractivity contribution is 0.100. The molecule has 0 aliphatic carbocycles. The molecular formula is C14H19F2NO3S. The second-order valence-electron chi connectivity index (χ2n) is 5.51. The lowest BCUT2D eigenvalue weighted by Crippen LogP contribution is -2.40. The van der Waals surface area contributed by atoms with Gasteiger partial charge in [-0.2, -0.15) is 0 Å². The van der Waals surface area contributed by atoms with Crippen LogP contribution >= 0.6 is 0 Å². The standard InChI is InChI=1S/C14H19F2NO3S/c1-17(11-4-6-21(19,20)7-5-11)9-14(18)10-2-3-12(15)13(16)8-10/h2-3,8,11,14,18H,4-7,9H2,1H3/t14-/m0/s1. The number of sulfone groups is 1. The monoisotopic (exact) mass is 319 g/mol. The Bertz CT molecular complexity index is 592. The van der Waals surface area contributed by atoms with Gasteiger partial charge in [0.15, 0.2) is 11.6 Å². The van der Waals surface area contributed by atoms with Gasteiger partial charge in [-0.15, -0.1) is 0 Å². The summed E-state index contributed by atoms with van der Waals surface area (Å²) < 4.78 is 48.8. The number of likely N-dealkylation sites (N-methyl/N-ethyl adjacent to an activating group) is 1. The quantitative estimate of drug-likeness (QED) is 0.914. The molecule has 2 rings (SSSR count). The zero-order valence-electron chi connectivity index (χ0n) is 11.8. The van der Waals surface area contributed by atoms with Crippen molar-refractivity contribution >= 4 is 9.84 Å². The zero-order valence-corrected chi connectivity index (χ0v) is 12.6. The highest BCUT2D eigenvalue weighted by atomic mass is 32.2. The van der Waals surface area contributed by atoms with E-state index in [0.29, 0.717) is 18.4 Å². The Morgan fingerprint density at radius 2 is 1.90 bits per heavy atom. The van der Waals surface area contributed by atoms with Gasteiger partial charge in [0.05, 0.1) is 17.6 Å². The molecule has 1 atom stereocenters. The Kier molecular flexibility index (Phi) is 4.95. The van der Waals surface area contributed by atoms with Crippen molar-refractivity contribution in [3.05, 3.63) is 35.4 Å². The number of halogens is 2. The maximum Gasteiger partial charge on any atom is 0.159 e. The van der Waals surface area contributed by atoms with Crippen molar-refractivity contribution in [2.75, 3.05) is 25.1 Å². The van der Waals surface area contributed by atoms with E-state index in [-0.39, 0.29) is 24.1 Å². The molecule has 1 aromatic carbocycles. The second kappa shape index (κ2) is 6.37. The van der Waals surface area contributed by atoms with E-state index in [1.54, 1.807) is 7.05 Å². The van der Waals surface area contributed by atoms with Crippen LogP contribution in [-0.2, 0) is 9.84 Å². The summed E-state index contributed by atoms with van der Waals surface area (Å²) in [7, 11) is -1.12. The molecule has 7 heteroatoms. The van der Waals surface area contributed by atoms with E-state index in [4.69, 9.17) is 0 Å². The minimum Gasteiger partial charge on any atom is -0.387 e. The van der Waals surface area contributed by atoms with Crippen LogP contribution in [0.1, 0.15) is 24.5 Å². The molecule has 0 bridgehead atoms. The van der Waals surface area contributed by atoms with E-state index in [2.05, 4.69) is 0 Å².